The Morgan fingerprint density at radius 1 is 0.781 bits per heavy atom. The first-order valence-corrected chi connectivity index (χ1v) is 11.0. The van der Waals surface area contributed by atoms with Crippen molar-refractivity contribution in [2.24, 2.45) is 0 Å². The van der Waals surface area contributed by atoms with Crippen molar-refractivity contribution in [1.82, 2.24) is 0 Å². The summed E-state index contributed by atoms with van der Waals surface area (Å²) in [6.45, 7) is 3.92. The molecule has 1 saturated heterocycles. The van der Waals surface area contributed by atoms with Crippen LogP contribution in [0.3, 0.4) is 0 Å². The van der Waals surface area contributed by atoms with Crippen LogP contribution in [0.1, 0.15) is 44.1 Å². The minimum atomic E-state index is -1.45. The third-order valence-corrected chi connectivity index (χ3v) is 5.93. The van der Waals surface area contributed by atoms with Crippen LogP contribution in [0.4, 0.5) is 13.2 Å². The molecule has 4 rings (SSSR count). The molecule has 3 aromatic carbocycles. The van der Waals surface area contributed by atoms with E-state index >= 15 is 0 Å². The average molecular weight is 441 g/mol. The molecule has 0 bridgehead atoms. The zero-order valence-electron chi connectivity index (χ0n) is 18.3. The van der Waals surface area contributed by atoms with E-state index in [0.717, 1.165) is 12.0 Å². The number of aryl methyl sites for hydroxylation is 1. The van der Waals surface area contributed by atoms with E-state index in [2.05, 4.69) is 0 Å². The number of ether oxygens (including phenoxy) is 2. The van der Waals surface area contributed by atoms with E-state index in [1.165, 1.54) is 0 Å². The summed E-state index contributed by atoms with van der Waals surface area (Å²) in [7, 11) is 0. The third kappa shape index (κ3) is 4.59. The predicted molar refractivity (Wildman–Crippen MR) is 120 cm³/mol. The summed E-state index contributed by atoms with van der Waals surface area (Å²) in [5.41, 5.74) is 1.99. The molecule has 3 aromatic rings. The van der Waals surface area contributed by atoms with Crippen molar-refractivity contribution in [2.75, 3.05) is 13.2 Å². The van der Waals surface area contributed by atoms with Crippen molar-refractivity contribution < 1.29 is 22.6 Å². The molecule has 1 heterocycles. The van der Waals surface area contributed by atoms with Gasteiger partial charge in [-0.15, -0.1) is 0 Å². The van der Waals surface area contributed by atoms with Crippen LogP contribution in [0.2, 0.25) is 0 Å². The summed E-state index contributed by atoms with van der Waals surface area (Å²) in [5.74, 6) is -1.76. The number of halogens is 3. The van der Waals surface area contributed by atoms with E-state index < -0.39 is 23.6 Å². The van der Waals surface area contributed by atoms with Crippen LogP contribution in [0.15, 0.2) is 60.7 Å². The monoisotopic (exact) mass is 440 g/mol. The zero-order chi connectivity index (χ0) is 22.7. The van der Waals surface area contributed by atoms with Gasteiger partial charge < -0.3 is 9.47 Å². The number of alkyl halides is 1. The Bertz CT molecular complexity index is 1050. The Kier molecular flexibility index (Phi) is 6.68. The number of hydrogen-bond donors (Lipinski definition) is 0. The molecular formula is C27H27F3O2. The normalized spacial score (nSPS) is 21.0. The molecule has 0 N–H and O–H groups in total. The summed E-state index contributed by atoms with van der Waals surface area (Å²) in [6, 6.07) is 17.5. The molecule has 0 amide bonds. The lowest BCUT2D eigenvalue weighted by atomic mass is 9.97. The molecule has 0 radical (unpaired) electrons. The van der Waals surface area contributed by atoms with E-state index in [1.54, 1.807) is 36.4 Å². The highest BCUT2D eigenvalue weighted by Gasteiger charge is 2.36. The van der Waals surface area contributed by atoms with E-state index in [-0.39, 0.29) is 24.3 Å². The van der Waals surface area contributed by atoms with Gasteiger partial charge in [0.15, 0.2) is 23.6 Å². The quantitative estimate of drug-likeness (QED) is 0.397. The van der Waals surface area contributed by atoms with E-state index in [0.29, 0.717) is 29.5 Å². The van der Waals surface area contributed by atoms with E-state index in [4.69, 9.17) is 9.47 Å². The Balaban J connectivity index is 1.52. The van der Waals surface area contributed by atoms with Gasteiger partial charge in [-0.05, 0) is 29.5 Å². The highest BCUT2D eigenvalue weighted by Crippen LogP contribution is 2.35. The maximum absolute atomic E-state index is 14.9. The van der Waals surface area contributed by atoms with Gasteiger partial charge >= 0.3 is 0 Å². The average Bonchev–Trinajstić information content (AvgIpc) is 2.82. The van der Waals surface area contributed by atoms with E-state index in [1.807, 2.05) is 38.1 Å². The van der Waals surface area contributed by atoms with Crippen LogP contribution in [-0.2, 0) is 15.9 Å². The summed E-state index contributed by atoms with van der Waals surface area (Å²) < 4.78 is 55.4. The Hall–Kier alpha value is -2.63. The van der Waals surface area contributed by atoms with Gasteiger partial charge in [-0.2, -0.15) is 0 Å². The van der Waals surface area contributed by atoms with Crippen LogP contribution in [0.25, 0.3) is 22.3 Å². The first kappa shape index (κ1) is 22.6. The standard InChI is InChI=1S/C27H27F3O2/c1-3-15-27(30)16-31-26(32-17-27)21-11-9-20(10-12-21)23-14-13-22(24(28)25(23)29)19-7-5-18(4-2)6-8-19/h5-14,26H,3-4,15-17H2,1-2H3. The van der Waals surface area contributed by atoms with Gasteiger partial charge in [-0.25, -0.2) is 13.2 Å². The van der Waals surface area contributed by atoms with Crippen molar-refractivity contribution in [3.63, 3.8) is 0 Å². The topological polar surface area (TPSA) is 18.5 Å². The van der Waals surface area contributed by atoms with Gasteiger partial charge in [0.2, 0.25) is 0 Å². The molecule has 5 heteroatoms. The first-order chi connectivity index (χ1) is 15.4. The second kappa shape index (κ2) is 9.47. The number of rotatable bonds is 6. The SMILES string of the molecule is CCCC1(F)COC(c2ccc(-c3ccc(-c4ccc(CC)cc4)c(F)c3F)cc2)OC1. The van der Waals surface area contributed by atoms with Gasteiger partial charge in [0.1, 0.15) is 0 Å². The number of hydrogen-bond acceptors (Lipinski definition) is 2. The minimum absolute atomic E-state index is 0.0200. The Morgan fingerprint density at radius 3 is 1.75 bits per heavy atom. The van der Waals surface area contributed by atoms with Crippen molar-refractivity contribution >= 4 is 0 Å². The van der Waals surface area contributed by atoms with Crippen LogP contribution in [0.5, 0.6) is 0 Å². The Morgan fingerprint density at radius 2 is 1.28 bits per heavy atom. The maximum Gasteiger partial charge on any atom is 0.184 e. The molecule has 1 fully saturated rings. The molecule has 32 heavy (non-hydrogen) atoms. The van der Waals surface area contributed by atoms with Gasteiger partial charge in [0.25, 0.3) is 0 Å². The predicted octanol–water partition coefficient (Wildman–Crippen LogP) is 7.42. The minimum Gasteiger partial charge on any atom is -0.345 e. The fourth-order valence-corrected chi connectivity index (χ4v) is 4.06. The first-order valence-electron chi connectivity index (χ1n) is 11.0. The summed E-state index contributed by atoms with van der Waals surface area (Å²) in [4.78, 5) is 0. The van der Waals surface area contributed by atoms with Gasteiger partial charge in [0, 0.05) is 16.7 Å². The third-order valence-electron chi connectivity index (χ3n) is 5.93. The molecule has 1 aliphatic rings. The van der Waals surface area contributed by atoms with Crippen molar-refractivity contribution in [3.8, 4) is 22.3 Å². The zero-order valence-corrected chi connectivity index (χ0v) is 18.3. The molecule has 0 aromatic heterocycles. The van der Waals surface area contributed by atoms with E-state index in [9.17, 15) is 13.2 Å². The lowest BCUT2D eigenvalue weighted by molar-refractivity contribution is -0.238. The molecule has 168 valence electrons. The molecule has 0 atom stereocenters. The van der Waals surface area contributed by atoms with Crippen molar-refractivity contribution in [3.05, 3.63) is 83.4 Å². The Labute approximate surface area is 187 Å². The fraction of sp³-hybridized carbons (Fsp3) is 0.333. The maximum atomic E-state index is 14.9. The number of benzene rings is 3. The van der Waals surface area contributed by atoms with Crippen molar-refractivity contribution in [1.29, 1.82) is 0 Å². The second-order valence-corrected chi connectivity index (χ2v) is 8.32. The molecule has 0 saturated carbocycles. The summed E-state index contributed by atoms with van der Waals surface area (Å²) >= 11 is 0. The largest absolute Gasteiger partial charge is 0.345 e. The van der Waals surface area contributed by atoms with Crippen molar-refractivity contribution in [2.45, 2.75) is 45.1 Å². The fourth-order valence-electron chi connectivity index (χ4n) is 4.06. The van der Waals surface area contributed by atoms with Gasteiger partial charge in [-0.1, -0.05) is 80.9 Å². The molecule has 0 spiro atoms. The lowest BCUT2D eigenvalue weighted by Crippen LogP contribution is -2.41. The van der Waals surface area contributed by atoms with Gasteiger partial charge in [-0.3, -0.25) is 0 Å². The highest BCUT2D eigenvalue weighted by molar-refractivity contribution is 5.72. The van der Waals surface area contributed by atoms with Crippen LogP contribution in [0, 0.1) is 11.6 Å². The summed E-state index contributed by atoms with van der Waals surface area (Å²) in [5, 5.41) is 0. The highest BCUT2D eigenvalue weighted by atomic mass is 19.2. The molecule has 0 unspecified atom stereocenters. The van der Waals surface area contributed by atoms with Crippen LogP contribution < -0.4 is 0 Å². The molecule has 2 nitrogen and oxygen atoms in total. The molecule has 0 aliphatic carbocycles. The summed E-state index contributed by atoms with van der Waals surface area (Å²) in [6.07, 6.45) is 1.33. The molecule has 1 aliphatic heterocycles. The lowest BCUT2D eigenvalue weighted by Gasteiger charge is -2.34. The molecular weight excluding hydrogens is 413 g/mol. The van der Waals surface area contributed by atoms with Gasteiger partial charge in [0.05, 0.1) is 13.2 Å². The smallest absolute Gasteiger partial charge is 0.184 e. The second-order valence-electron chi connectivity index (χ2n) is 8.32. The van der Waals surface area contributed by atoms with Crippen LogP contribution in [-0.4, -0.2) is 18.9 Å². The van der Waals surface area contributed by atoms with Crippen LogP contribution >= 0.6 is 0 Å².